The van der Waals surface area contributed by atoms with Gasteiger partial charge in [0.1, 0.15) is 18.3 Å². The highest BCUT2D eigenvalue weighted by atomic mass is 31.3. The number of allylic oxidation sites excluding steroid dienone is 1. The fraction of sp³-hybridized carbons (Fsp3) is 0.588. The zero-order chi connectivity index (χ0) is 31.1. The average Bonchev–Trinajstić information content (AvgIpc) is 3.06. The first-order valence-corrected chi connectivity index (χ1v) is 15.5. The van der Waals surface area contributed by atoms with E-state index in [9.17, 15) is 61.2 Å². The molecule has 1 aromatic rings. The molecule has 41 heavy (non-hydrogen) atoms. The highest BCUT2D eigenvalue weighted by Crippen LogP contribution is 2.80. The lowest BCUT2D eigenvalue weighted by Crippen LogP contribution is -2.43. The van der Waals surface area contributed by atoms with E-state index in [4.69, 9.17) is 4.74 Å². The molecule has 24 heteroatoms. The van der Waals surface area contributed by atoms with Crippen LogP contribution in [0, 0.1) is 0 Å². The number of hydrogen-bond donors (Lipinski definition) is 5. The van der Waals surface area contributed by atoms with Crippen molar-refractivity contribution in [2.75, 3.05) is 13.2 Å². The van der Waals surface area contributed by atoms with Gasteiger partial charge in [-0.1, -0.05) is 11.6 Å². The Labute approximate surface area is 226 Å². The topological polar surface area (TPSA) is 253 Å². The van der Waals surface area contributed by atoms with Crippen molar-refractivity contribution in [1.82, 2.24) is 14.5 Å². The fourth-order valence-electron chi connectivity index (χ4n) is 3.46. The van der Waals surface area contributed by atoms with E-state index in [1.54, 1.807) is 18.8 Å². The predicted octanol–water partition coefficient (Wildman–Crippen LogP) is 0.402. The molecule has 0 spiro atoms. The molecule has 2 aliphatic rings. The minimum absolute atomic E-state index is 0.273. The van der Waals surface area contributed by atoms with Crippen LogP contribution in [0.2, 0.25) is 0 Å². The average molecular weight is 659 g/mol. The van der Waals surface area contributed by atoms with Gasteiger partial charge in [-0.3, -0.25) is 23.7 Å². The van der Waals surface area contributed by atoms with Crippen LogP contribution in [0.15, 0.2) is 27.4 Å². The second-order valence-corrected chi connectivity index (χ2v) is 13.7. The van der Waals surface area contributed by atoms with E-state index in [-0.39, 0.29) is 4.90 Å². The molecule has 2 fully saturated rings. The zero-order valence-electron chi connectivity index (χ0n) is 20.7. The number of H-pyrrole nitrogens is 1. The van der Waals surface area contributed by atoms with E-state index in [2.05, 4.69) is 17.5 Å². The molecule has 0 bridgehead atoms. The molecule has 1 amide bonds. The number of halogens is 3. The summed E-state index contributed by atoms with van der Waals surface area (Å²) in [6.07, 6.45) is -10.9. The normalized spacial score (nSPS) is 33.9. The summed E-state index contributed by atoms with van der Waals surface area (Å²) in [6, 6.07) is 0. The van der Waals surface area contributed by atoms with Crippen LogP contribution in [0.4, 0.5) is 13.2 Å². The summed E-state index contributed by atoms with van der Waals surface area (Å²) in [5, 5.41) is 20.8. The quantitative estimate of drug-likeness (QED) is 0.187. The van der Waals surface area contributed by atoms with Gasteiger partial charge in [-0.2, -0.15) is 26.1 Å². The van der Waals surface area contributed by atoms with Gasteiger partial charge in [-0.05, 0) is 13.8 Å². The van der Waals surface area contributed by atoms with Crippen molar-refractivity contribution in [3.8, 4) is 0 Å². The minimum atomic E-state index is -5.40. The number of aliphatic hydroxyl groups is 2. The number of ether oxygens (including phenoxy) is 1. The highest BCUT2D eigenvalue weighted by Gasteiger charge is 2.55. The van der Waals surface area contributed by atoms with E-state index in [0.717, 1.165) is 0 Å². The lowest BCUT2D eigenvalue weighted by atomic mass is 10.1. The van der Waals surface area contributed by atoms with Gasteiger partial charge in [-0.25, -0.2) is 18.5 Å². The summed E-state index contributed by atoms with van der Waals surface area (Å²) < 4.78 is 97.0. The molecule has 0 aliphatic carbocycles. The number of carbonyl (C=O) groups excluding carboxylic acids is 1. The second-order valence-electron chi connectivity index (χ2n) is 8.76. The van der Waals surface area contributed by atoms with Gasteiger partial charge in [-0.15, -0.1) is 0 Å². The summed E-state index contributed by atoms with van der Waals surface area (Å²) >= 11 is 0. The third-order valence-electron chi connectivity index (χ3n) is 5.27. The molecule has 6 atom stereocenters. The van der Waals surface area contributed by atoms with Gasteiger partial charge in [0.15, 0.2) is 6.23 Å². The largest absolute Gasteiger partial charge is 0.492 e. The number of aromatic nitrogens is 2. The molecular weight excluding hydrogens is 636 g/mol. The SMILES string of the molecule is CC(C)=CCN(Cc1cn([C@@H]2O[C@H](COP3(=O)OP(=O)(O)OP(=O)(O)O3)[C@H](O)C2O)c(=O)[nH]c1=O)C(=O)C(F)(F)F. The smallest absolute Gasteiger partial charge is 0.387 e. The number of amides is 1. The van der Waals surface area contributed by atoms with Crippen molar-refractivity contribution in [2.45, 2.75) is 51.1 Å². The van der Waals surface area contributed by atoms with Crippen molar-refractivity contribution in [2.24, 2.45) is 0 Å². The number of alkyl halides is 3. The predicted molar refractivity (Wildman–Crippen MR) is 125 cm³/mol. The van der Waals surface area contributed by atoms with Gasteiger partial charge >= 0.3 is 41.2 Å². The molecule has 2 aliphatic heterocycles. The number of rotatable bonds is 8. The molecule has 0 saturated carbocycles. The van der Waals surface area contributed by atoms with Crippen LogP contribution in [0.1, 0.15) is 25.6 Å². The number of nitrogens with one attached hydrogen (secondary N) is 1. The summed E-state index contributed by atoms with van der Waals surface area (Å²) in [4.78, 5) is 57.3. The van der Waals surface area contributed by atoms with Gasteiger partial charge in [0.25, 0.3) is 5.56 Å². The highest BCUT2D eigenvalue weighted by molar-refractivity contribution is 7.74. The molecular formula is C17H23F3N3O15P3. The first-order chi connectivity index (χ1) is 18.6. The Bertz CT molecular complexity index is 1440. The number of aliphatic hydroxyl groups excluding tert-OH is 2. The van der Waals surface area contributed by atoms with E-state index in [1.165, 1.54) is 6.08 Å². The molecule has 3 rings (SSSR count). The number of carbonyl (C=O) groups is 1. The van der Waals surface area contributed by atoms with E-state index < -0.39 is 96.6 Å². The lowest BCUT2D eigenvalue weighted by molar-refractivity contribution is -0.185. The number of phosphoric acid groups is 3. The van der Waals surface area contributed by atoms with Crippen LogP contribution in [-0.2, 0) is 47.2 Å². The maximum Gasteiger partial charge on any atom is 0.492 e. The molecule has 5 N–H and O–H groups in total. The van der Waals surface area contributed by atoms with Crippen molar-refractivity contribution in [3.05, 3.63) is 44.2 Å². The Kier molecular flexibility index (Phi) is 9.77. The molecule has 232 valence electrons. The molecule has 18 nitrogen and oxygen atoms in total. The van der Waals surface area contributed by atoms with Crippen LogP contribution in [0.25, 0.3) is 0 Å². The standard InChI is InChI=1S/C17H23F3N3O15P3/c1-8(2)3-4-22(15(27)17(18,19)20)5-9-6-23(16(28)21-13(9)26)14-12(25)11(24)10(35-14)7-34-41(33)37-39(29,30)36-40(31,32)38-41/h3,6,10-12,14,24-25H,4-5,7H2,1-2H3,(H,29,30)(H,31,32)(H,21,26,28)/t10-,11+,12?,14-/m1/s1. The number of hydrogen-bond acceptors (Lipinski definition) is 13. The maximum atomic E-state index is 13.1. The number of nitrogens with zero attached hydrogens (tertiary/aromatic N) is 2. The molecule has 0 aromatic carbocycles. The summed E-state index contributed by atoms with van der Waals surface area (Å²) in [6.45, 7) is 0.479. The van der Waals surface area contributed by atoms with Crippen molar-refractivity contribution in [3.63, 3.8) is 0 Å². The minimum Gasteiger partial charge on any atom is -0.387 e. The summed E-state index contributed by atoms with van der Waals surface area (Å²) in [5.41, 5.74) is -2.44. The lowest BCUT2D eigenvalue weighted by Gasteiger charge is -2.27. The second kappa shape index (κ2) is 11.9. The molecule has 3 unspecified atom stereocenters. The number of aromatic amines is 1. The molecule has 0 radical (unpaired) electrons. The van der Waals surface area contributed by atoms with Gasteiger partial charge in [0.2, 0.25) is 0 Å². The van der Waals surface area contributed by atoms with Crippen LogP contribution >= 0.6 is 23.5 Å². The van der Waals surface area contributed by atoms with E-state index in [1.807, 2.05) is 0 Å². The van der Waals surface area contributed by atoms with Gasteiger partial charge in [0.05, 0.1) is 18.7 Å². The Balaban J connectivity index is 1.84. The molecule has 1 aromatic heterocycles. The third kappa shape index (κ3) is 8.31. The summed E-state index contributed by atoms with van der Waals surface area (Å²) in [5.74, 6) is -2.29. The van der Waals surface area contributed by atoms with E-state index >= 15 is 0 Å². The van der Waals surface area contributed by atoms with Crippen LogP contribution in [0.5, 0.6) is 0 Å². The van der Waals surface area contributed by atoms with Crippen molar-refractivity contribution < 1.29 is 73.9 Å². The van der Waals surface area contributed by atoms with Crippen LogP contribution in [0.3, 0.4) is 0 Å². The van der Waals surface area contributed by atoms with Crippen LogP contribution in [-0.4, -0.2) is 78.0 Å². The van der Waals surface area contributed by atoms with Gasteiger partial charge < -0.3 is 29.6 Å². The summed E-state index contributed by atoms with van der Waals surface area (Å²) in [7, 11) is -16.1. The Morgan fingerprint density at radius 1 is 1.12 bits per heavy atom. The van der Waals surface area contributed by atoms with Gasteiger partial charge in [0, 0.05) is 12.7 Å². The van der Waals surface area contributed by atoms with Crippen molar-refractivity contribution in [1.29, 1.82) is 0 Å². The zero-order valence-corrected chi connectivity index (χ0v) is 23.4. The van der Waals surface area contributed by atoms with Crippen LogP contribution < -0.4 is 11.2 Å². The van der Waals surface area contributed by atoms with Crippen molar-refractivity contribution >= 4 is 29.4 Å². The van der Waals surface area contributed by atoms with E-state index in [0.29, 0.717) is 16.3 Å². The third-order valence-corrected chi connectivity index (χ3v) is 10.6. The monoisotopic (exact) mass is 659 g/mol. The molecule has 2 saturated heterocycles. The Hall–Kier alpha value is -1.99. The molecule has 3 heterocycles. The first kappa shape index (κ1) is 33.5. The first-order valence-electron chi connectivity index (χ1n) is 11.0. The Morgan fingerprint density at radius 3 is 2.24 bits per heavy atom. The maximum absolute atomic E-state index is 13.1. The fourth-order valence-corrected chi connectivity index (χ4v) is 8.40. The Morgan fingerprint density at radius 2 is 1.71 bits per heavy atom.